The highest BCUT2D eigenvalue weighted by Gasteiger charge is 2.09. The van der Waals surface area contributed by atoms with Gasteiger partial charge >= 0.3 is 0 Å². The largest absolute Gasteiger partial charge is 0.441 e. The SMILES string of the molecule is C=CCn1c(C)nnc1SCCCc1nc2ccccc2o1. The van der Waals surface area contributed by atoms with Gasteiger partial charge in [-0.3, -0.25) is 0 Å². The summed E-state index contributed by atoms with van der Waals surface area (Å²) < 4.78 is 7.79. The maximum absolute atomic E-state index is 5.72. The predicted octanol–water partition coefficient (Wildman–Crippen LogP) is 3.64. The van der Waals surface area contributed by atoms with Crippen LogP contribution in [0.5, 0.6) is 0 Å². The van der Waals surface area contributed by atoms with Crippen LogP contribution in [-0.2, 0) is 13.0 Å². The summed E-state index contributed by atoms with van der Waals surface area (Å²) in [6, 6.07) is 7.85. The monoisotopic (exact) mass is 314 g/mol. The highest BCUT2D eigenvalue weighted by atomic mass is 32.2. The van der Waals surface area contributed by atoms with Gasteiger partial charge in [-0.25, -0.2) is 4.98 Å². The highest BCUT2D eigenvalue weighted by molar-refractivity contribution is 7.99. The Labute approximate surface area is 133 Å². The lowest BCUT2D eigenvalue weighted by atomic mass is 10.3. The fraction of sp³-hybridized carbons (Fsp3) is 0.312. The number of oxazole rings is 1. The van der Waals surface area contributed by atoms with Crippen molar-refractivity contribution in [3.05, 3.63) is 48.6 Å². The van der Waals surface area contributed by atoms with Crippen molar-refractivity contribution in [2.24, 2.45) is 0 Å². The Balaban J connectivity index is 1.54. The first-order valence-electron chi connectivity index (χ1n) is 7.26. The Hall–Kier alpha value is -2.08. The van der Waals surface area contributed by atoms with E-state index in [9.17, 15) is 0 Å². The summed E-state index contributed by atoms with van der Waals surface area (Å²) in [4.78, 5) is 4.49. The van der Waals surface area contributed by atoms with Crippen molar-refractivity contribution in [1.82, 2.24) is 19.7 Å². The molecule has 5 nitrogen and oxygen atoms in total. The lowest BCUT2D eigenvalue weighted by Gasteiger charge is -2.04. The molecule has 0 unspecified atom stereocenters. The summed E-state index contributed by atoms with van der Waals surface area (Å²) in [5.74, 6) is 2.67. The molecular weight excluding hydrogens is 296 g/mol. The first-order valence-corrected chi connectivity index (χ1v) is 8.24. The quantitative estimate of drug-likeness (QED) is 0.378. The van der Waals surface area contributed by atoms with Crippen LogP contribution in [0.4, 0.5) is 0 Å². The normalized spacial score (nSPS) is 11.1. The minimum atomic E-state index is 0.742. The molecule has 0 saturated carbocycles. The molecule has 0 N–H and O–H groups in total. The fourth-order valence-corrected chi connectivity index (χ4v) is 3.15. The zero-order chi connectivity index (χ0) is 15.4. The zero-order valence-electron chi connectivity index (χ0n) is 12.5. The van der Waals surface area contributed by atoms with Gasteiger partial charge in [-0.2, -0.15) is 0 Å². The first kappa shape index (κ1) is 14.8. The molecule has 3 aromatic rings. The number of hydrogen-bond donors (Lipinski definition) is 0. The van der Waals surface area contributed by atoms with Gasteiger partial charge in [-0.15, -0.1) is 16.8 Å². The molecule has 0 aliphatic heterocycles. The van der Waals surface area contributed by atoms with Crippen LogP contribution in [0.25, 0.3) is 11.1 Å². The van der Waals surface area contributed by atoms with Crippen LogP contribution in [0.1, 0.15) is 18.1 Å². The second-order valence-corrected chi connectivity index (χ2v) is 6.02. The van der Waals surface area contributed by atoms with Crippen molar-refractivity contribution >= 4 is 22.9 Å². The standard InChI is InChI=1S/C16H18N4OS/c1-3-10-20-12(2)18-19-16(20)22-11-6-9-15-17-13-7-4-5-8-14(13)21-15/h3-5,7-8H,1,6,9-11H2,2H3. The Bertz CT molecular complexity index is 744. The molecule has 0 bridgehead atoms. The Morgan fingerprint density at radius 2 is 2.18 bits per heavy atom. The molecule has 0 radical (unpaired) electrons. The van der Waals surface area contributed by atoms with E-state index < -0.39 is 0 Å². The molecule has 3 rings (SSSR count). The number of benzene rings is 1. The van der Waals surface area contributed by atoms with Gasteiger partial charge in [0.1, 0.15) is 11.3 Å². The third kappa shape index (κ3) is 3.22. The van der Waals surface area contributed by atoms with E-state index in [-0.39, 0.29) is 0 Å². The van der Waals surface area contributed by atoms with Gasteiger partial charge in [0.2, 0.25) is 0 Å². The fourth-order valence-electron chi connectivity index (χ4n) is 2.22. The third-order valence-corrected chi connectivity index (χ3v) is 4.37. The van der Waals surface area contributed by atoms with Crippen LogP contribution in [0, 0.1) is 6.92 Å². The molecule has 2 aromatic heterocycles. The average molecular weight is 314 g/mol. The molecule has 0 saturated heterocycles. The number of aromatic nitrogens is 4. The average Bonchev–Trinajstić information content (AvgIpc) is 3.09. The van der Waals surface area contributed by atoms with E-state index in [1.807, 2.05) is 37.3 Å². The predicted molar refractivity (Wildman–Crippen MR) is 88.0 cm³/mol. The second kappa shape index (κ2) is 6.79. The summed E-state index contributed by atoms with van der Waals surface area (Å²) in [6.45, 7) is 6.47. The second-order valence-electron chi connectivity index (χ2n) is 4.96. The van der Waals surface area contributed by atoms with Crippen LogP contribution in [0.15, 0.2) is 46.5 Å². The molecule has 1 aromatic carbocycles. The summed E-state index contributed by atoms with van der Waals surface area (Å²) in [7, 11) is 0. The number of para-hydroxylation sites is 2. The van der Waals surface area contributed by atoms with E-state index >= 15 is 0 Å². The maximum atomic E-state index is 5.72. The molecule has 0 atom stereocenters. The van der Waals surface area contributed by atoms with E-state index in [2.05, 4.69) is 26.3 Å². The van der Waals surface area contributed by atoms with E-state index in [4.69, 9.17) is 4.42 Å². The molecule has 114 valence electrons. The van der Waals surface area contributed by atoms with Crippen LogP contribution in [0.3, 0.4) is 0 Å². The number of allylic oxidation sites excluding steroid dienone is 1. The number of nitrogens with zero attached hydrogens (tertiary/aromatic N) is 4. The number of fused-ring (bicyclic) bond motifs is 1. The minimum Gasteiger partial charge on any atom is -0.441 e. The lowest BCUT2D eigenvalue weighted by Crippen LogP contribution is -2.00. The van der Waals surface area contributed by atoms with E-state index in [0.29, 0.717) is 0 Å². The van der Waals surface area contributed by atoms with E-state index in [0.717, 1.165) is 53.1 Å². The summed E-state index contributed by atoms with van der Waals surface area (Å²) in [5.41, 5.74) is 1.78. The molecule has 0 fully saturated rings. The van der Waals surface area contributed by atoms with Gasteiger partial charge in [0.25, 0.3) is 0 Å². The molecule has 22 heavy (non-hydrogen) atoms. The van der Waals surface area contributed by atoms with Crippen molar-refractivity contribution in [1.29, 1.82) is 0 Å². The molecule has 0 amide bonds. The Morgan fingerprint density at radius 3 is 3.00 bits per heavy atom. The number of thioether (sulfide) groups is 1. The molecule has 0 aliphatic carbocycles. The van der Waals surface area contributed by atoms with Crippen LogP contribution >= 0.6 is 11.8 Å². The Morgan fingerprint density at radius 1 is 1.32 bits per heavy atom. The van der Waals surface area contributed by atoms with Gasteiger partial charge in [-0.05, 0) is 25.5 Å². The number of aryl methyl sites for hydroxylation is 2. The zero-order valence-corrected chi connectivity index (χ0v) is 13.3. The molecular formula is C16H18N4OS. The minimum absolute atomic E-state index is 0.742. The first-order chi connectivity index (χ1) is 10.8. The van der Waals surface area contributed by atoms with E-state index in [1.54, 1.807) is 11.8 Å². The molecule has 2 heterocycles. The van der Waals surface area contributed by atoms with Crippen LogP contribution in [-0.4, -0.2) is 25.5 Å². The van der Waals surface area contributed by atoms with E-state index in [1.165, 1.54) is 0 Å². The molecule has 6 heteroatoms. The van der Waals surface area contributed by atoms with Crippen molar-refractivity contribution < 1.29 is 4.42 Å². The third-order valence-electron chi connectivity index (χ3n) is 3.32. The van der Waals surface area contributed by atoms with Crippen molar-refractivity contribution in [3.63, 3.8) is 0 Å². The van der Waals surface area contributed by atoms with Gasteiger partial charge in [-0.1, -0.05) is 30.0 Å². The summed E-state index contributed by atoms with van der Waals surface area (Å²) >= 11 is 1.71. The van der Waals surface area contributed by atoms with Crippen LogP contribution < -0.4 is 0 Å². The van der Waals surface area contributed by atoms with Gasteiger partial charge < -0.3 is 8.98 Å². The molecule has 0 aliphatic rings. The molecule has 0 spiro atoms. The van der Waals surface area contributed by atoms with Gasteiger partial charge in [0, 0.05) is 18.7 Å². The number of hydrogen-bond acceptors (Lipinski definition) is 5. The van der Waals surface area contributed by atoms with Crippen molar-refractivity contribution in [3.8, 4) is 0 Å². The smallest absolute Gasteiger partial charge is 0.195 e. The van der Waals surface area contributed by atoms with Crippen molar-refractivity contribution in [2.45, 2.75) is 31.5 Å². The Kier molecular flexibility index (Phi) is 4.58. The summed E-state index contributed by atoms with van der Waals surface area (Å²) in [6.07, 6.45) is 3.67. The highest BCUT2D eigenvalue weighted by Crippen LogP contribution is 2.20. The maximum Gasteiger partial charge on any atom is 0.195 e. The number of rotatable bonds is 7. The summed E-state index contributed by atoms with van der Waals surface area (Å²) in [5, 5.41) is 9.26. The van der Waals surface area contributed by atoms with Gasteiger partial charge in [0.15, 0.2) is 16.6 Å². The van der Waals surface area contributed by atoms with Crippen LogP contribution in [0.2, 0.25) is 0 Å². The lowest BCUT2D eigenvalue weighted by molar-refractivity contribution is 0.526. The van der Waals surface area contributed by atoms with Gasteiger partial charge in [0.05, 0.1) is 0 Å². The van der Waals surface area contributed by atoms with Crippen molar-refractivity contribution in [2.75, 3.05) is 5.75 Å². The topological polar surface area (TPSA) is 56.7 Å².